The van der Waals surface area contributed by atoms with Crippen molar-refractivity contribution < 1.29 is 51.8 Å². The molecule has 5 nitrogen and oxygen atoms in total. The van der Waals surface area contributed by atoms with Crippen LogP contribution in [0.2, 0.25) is 0 Å². The van der Waals surface area contributed by atoms with Crippen LogP contribution in [0.3, 0.4) is 0 Å². The molecule has 0 unspecified atom stereocenters. The van der Waals surface area contributed by atoms with Gasteiger partial charge in [-0.3, -0.25) is 9.11 Å². The molecule has 0 radical (unpaired) electrons. The summed E-state index contributed by atoms with van der Waals surface area (Å²) < 4.78 is 37.4. The van der Waals surface area contributed by atoms with Gasteiger partial charge in [0.25, 0.3) is 0 Å². The van der Waals surface area contributed by atoms with Crippen LogP contribution in [0.25, 0.3) is 0 Å². The van der Waals surface area contributed by atoms with Crippen molar-refractivity contribution in [3.05, 3.63) is 19.6 Å². The van der Waals surface area contributed by atoms with Gasteiger partial charge >= 0.3 is 40.0 Å². The quantitative estimate of drug-likeness (QED) is 0.0774. The summed E-state index contributed by atoms with van der Waals surface area (Å²) in [5.74, 6) is 0. The minimum absolute atomic E-state index is 0. The van der Waals surface area contributed by atoms with Crippen molar-refractivity contribution in [2.24, 2.45) is 0 Å². The Kier molecular flexibility index (Phi) is 46.4. The molecule has 0 spiro atoms. The first-order chi connectivity index (χ1) is 15.8. The van der Waals surface area contributed by atoms with Crippen molar-refractivity contribution in [1.82, 2.24) is 0 Å². The summed E-state index contributed by atoms with van der Waals surface area (Å²) in [5.41, 5.74) is 0. The summed E-state index contributed by atoms with van der Waals surface area (Å²) in [6, 6.07) is 0. The van der Waals surface area contributed by atoms with Gasteiger partial charge in [0, 0.05) is 13.2 Å². The van der Waals surface area contributed by atoms with Crippen LogP contribution in [0, 0.1) is 6.92 Å². The summed E-state index contributed by atoms with van der Waals surface area (Å²) in [6.45, 7) is 13.1. The van der Waals surface area contributed by atoms with Gasteiger partial charge in [0.2, 0.25) is 0 Å². The van der Waals surface area contributed by atoms with Gasteiger partial charge in [-0.2, -0.15) is 8.42 Å². The molecule has 2 N–H and O–H groups in total. The molecule has 0 saturated heterocycles. The standard InChI is InChI=1S/C24H50O.C3H5.Na.H2O4S/c1-3-5-7-9-11-13-15-17-19-21-23-25-24-22-20-18-16-14-12-10-8-6-4-2;1-3-2;;1-5(2,3)4/h3-24H2,1-2H3;3H,1-2H2;;(H2,1,2,3,4)/q;-1;+1;. The Morgan fingerprint density at radius 1 is 0.618 bits per heavy atom. The first-order valence-corrected chi connectivity index (χ1v) is 14.9. The van der Waals surface area contributed by atoms with Crippen LogP contribution >= 0.6 is 0 Å². The van der Waals surface area contributed by atoms with Gasteiger partial charge in [0.05, 0.1) is 0 Å². The van der Waals surface area contributed by atoms with Crippen molar-refractivity contribution in [1.29, 1.82) is 0 Å². The van der Waals surface area contributed by atoms with E-state index in [0.29, 0.717) is 0 Å². The summed E-state index contributed by atoms with van der Waals surface area (Å²) in [7, 11) is -4.67. The summed E-state index contributed by atoms with van der Waals surface area (Å²) in [4.78, 5) is 0. The fraction of sp³-hybridized carbons (Fsp3) is 0.889. The largest absolute Gasteiger partial charge is 1.00 e. The van der Waals surface area contributed by atoms with Crippen LogP contribution in [0.4, 0.5) is 0 Å². The van der Waals surface area contributed by atoms with E-state index in [2.05, 4.69) is 27.4 Å². The fourth-order valence-electron chi connectivity index (χ4n) is 3.49. The Balaban J connectivity index is -0.000000430. The molecule has 0 saturated carbocycles. The third-order valence-electron chi connectivity index (χ3n) is 5.28. The maximum atomic E-state index is 8.74. The SMILES string of the molecule is C=C[CH2-].CCCCCCCCCCCCOCCCCCCCCCCCC.O=S(=O)(O)O.[Na+]. The molecule has 0 aliphatic rings. The van der Waals surface area contributed by atoms with Crippen LogP contribution in [-0.2, 0) is 15.1 Å². The predicted octanol–water partition coefficient (Wildman–Crippen LogP) is 6.20. The predicted molar refractivity (Wildman–Crippen MR) is 144 cm³/mol. The maximum absolute atomic E-state index is 8.74. The van der Waals surface area contributed by atoms with E-state index in [0.717, 1.165) is 13.2 Å². The molecular weight excluding hydrogens is 459 g/mol. The first kappa shape index (κ1) is 41.6. The monoisotopic (exact) mass is 516 g/mol. The molecule has 34 heavy (non-hydrogen) atoms. The number of rotatable bonds is 22. The zero-order valence-electron chi connectivity index (χ0n) is 23.1. The Bertz CT molecular complexity index is 414. The van der Waals surface area contributed by atoms with E-state index in [-0.39, 0.29) is 29.6 Å². The van der Waals surface area contributed by atoms with Crippen molar-refractivity contribution in [3.63, 3.8) is 0 Å². The summed E-state index contributed by atoms with van der Waals surface area (Å²) in [5, 5.41) is 0. The zero-order chi connectivity index (χ0) is 25.5. The van der Waals surface area contributed by atoms with E-state index in [1.807, 2.05) is 0 Å². The van der Waals surface area contributed by atoms with E-state index >= 15 is 0 Å². The third-order valence-corrected chi connectivity index (χ3v) is 5.28. The second-order valence-corrected chi connectivity index (χ2v) is 9.61. The minimum atomic E-state index is -4.67. The van der Waals surface area contributed by atoms with Gasteiger partial charge in [0.15, 0.2) is 0 Å². The number of allylic oxidation sites excluding steroid dienone is 1. The molecule has 0 aromatic heterocycles. The summed E-state index contributed by atoms with van der Waals surface area (Å²) in [6.07, 6.45) is 29.7. The van der Waals surface area contributed by atoms with Gasteiger partial charge in [-0.15, -0.1) is 0 Å². The van der Waals surface area contributed by atoms with Gasteiger partial charge < -0.3 is 4.74 Å². The van der Waals surface area contributed by atoms with E-state index < -0.39 is 10.4 Å². The van der Waals surface area contributed by atoms with Crippen molar-refractivity contribution >= 4 is 10.4 Å². The Labute approximate surface area is 236 Å². The Morgan fingerprint density at radius 3 is 1.00 bits per heavy atom. The number of unbranched alkanes of at least 4 members (excludes halogenated alkanes) is 18. The second kappa shape index (κ2) is 38.0. The van der Waals surface area contributed by atoms with Crippen molar-refractivity contribution in [2.75, 3.05) is 13.2 Å². The van der Waals surface area contributed by atoms with Gasteiger partial charge in [0.1, 0.15) is 0 Å². The Morgan fingerprint density at radius 2 is 0.794 bits per heavy atom. The van der Waals surface area contributed by atoms with Crippen molar-refractivity contribution in [3.8, 4) is 0 Å². The van der Waals surface area contributed by atoms with Crippen molar-refractivity contribution in [2.45, 2.75) is 142 Å². The normalized spacial score (nSPS) is 10.4. The topological polar surface area (TPSA) is 83.8 Å². The molecule has 0 atom stereocenters. The van der Waals surface area contributed by atoms with E-state index in [4.69, 9.17) is 22.3 Å². The molecule has 0 amide bonds. The van der Waals surface area contributed by atoms with E-state index in [9.17, 15) is 0 Å². The number of ether oxygens (including phenoxy) is 1. The average Bonchev–Trinajstić information content (AvgIpc) is 2.74. The molecule has 202 valence electrons. The maximum Gasteiger partial charge on any atom is 1.00 e. The van der Waals surface area contributed by atoms with Crippen LogP contribution < -0.4 is 29.6 Å². The molecule has 0 aliphatic heterocycles. The molecule has 0 bridgehead atoms. The van der Waals surface area contributed by atoms with Gasteiger partial charge in [-0.1, -0.05) is 129 Å². The van der Waals surface area contributed by atoms with Crippen LogP contribution in [0.15, 0.2) is 12.7 Å². The minimum Gasteiger partial charge on any atom is -0.381 e. The zero-order valence-corrected chi connectivity index (χ0v) is 25.9. The molecule has 0 fully saturated rings. The van der Waals surface area contributed by atoms with Crippen LogP contribution in [0.5, 0.6) is 0 Å². The van der Waals surface area contributed by atoms with Crippen LogP contribution in [0.1, 0.15) is 142 Å². The molecule has 0 aromatic rings. The van der Waals surface area contributed by atoms with Crippen LogP contribution in [-0.4, -0.2) is 30.7 Å². The average molecular weight is 517 g/mol. The first-order valence-electron chi connectivity index (χ1n) is 13.5. The molecule has 0 heterocycles. The Hall–Kier alpha value is 0.440. The van der Waals surface area contributed by atoms with Gasteiger partial charge in [-0.25, -0.2) is 19.6 Å². The summed E-state index contributed by atoms with van der Waals surface area (Å²) >= 11 is 0. The molecule has 0 aromatic carbocycles. The third kappa shape index (κ3) is 63.7. The molecular formula is C27H57NaO5S. The van der Waals surface area contributed by atoms with E-state index in [1.54, 1.807) is 0 Å². The fourth-order valence-corrected chi connectivity index (χ4v) is 3.49. The smallest absolute Gasteiger partial charge is 0.381 e. The molecule has 7 heteroatoms. The number of hydrogen-bond acceptors (Lipinski definition) is 3. The van der Waals surface area contributed by atoms with Gasteiger partial charge in [-0.05, 0) is 12.8 Å². The number of hydrogen-bond donors (Lipinski definition) is 2. The molecule has 0 rings (SSSR count). The second-order valence-electron chi connectivity index (χ2n) is 8.71. The van der Waals surface area contributed by atoms with E-state index in [1.165, 1.54) is 134 Å². The molecule has 0 aliphatic carbocycles.